The molecule has 0 heterocycles. The molecule has 0 radical (unpaired) electrons. The number of anilines is 2. The lowest BCUT2D eigenvalue weighted by molar-refractivity contribution is -0.122. The van der Waals surface area contributed by atoms with Crippen LogP contribution in [-0.4, -0.2) is 0 Å². The van der Waals surface area contributed by atoms with Gasteiger partial charge in [-0.1, -0.05) is 91.5 Å². The van der Waals surface area contributed by atoms with Crippen molar-refractivity contribution in [1.29, 1.82) is 0 Å². The summed E-state index contributed by atoms with van der Waals surface area (Å²) in [5, 5.41) is 0. The van der Waals surface area contributed by atoms with E-state index >= 15 is 0 Å². The lowest BCUT2D eigenvalue weighted by Crippen LogP contribution is -2.55. The van der Waals surface area contributed by atoms with Crippen molar-refractivity contribution in [3.63, 3.8) is 0 Å². The first-order chi connectivity index (χ1) is 27.1. The molecular formula is C52H70N2O2. The van der Waals surface area contributed by atoms with Gasteiger partial charge < -0.3 is 20.9 Å². The van der Waals surface area contributed by atoms with Crippen LogP contribution in [0.3, 0.4) is 0 Å². The van der Waals surface area contributed by atoms with Gasteiger partial charge in [0.2, 0.25) is 0 Å². The molecule has 4 aromatic rings. The van der Waals surface area contributed by atoms with E-state index in [0.717, 1.165) is 64.0 Å². The molecule has 0 spiro atoms. The third-order valence-corrected chi connectivity index (χ3v) is 15.8. The average molecular weight is 755 g/mol. The van der Waals surface area contributed by atoms with Crippen LogP contribution in [0, 0.1) is 46.3 Å². The second kappa shape index (κ2) is 16.9. The summed E-state index contributed by atoms with van der Waals surface area (Å²) < 4.78 is 12.5. The number of benzene rings is 4. The van der Waals surface area contributed by atoms with Gasteiger partial charge in [-0.2, -0.15) is 0 Å². The summed E-state index contributed by atoms with van der Waals surface area (Å²) in [6.07, 6.45) is 17.8. The summed E-state index contributed by atoms with van der Waals surface area (Å²) in [5.41, 5.74) is 17.0. The molecule has 4 saturated carbocycles. The third kappa shape index (κ3) is 7.71. The van der Waals surface area contributed by atoms with Gasteiger partial charge >= 0.3 is 0 Å². The minimum atomic E-state index is -0.0635. The molecule has 0 aliphatic heterocycles. The van der Waals surface area contributed by atoms with Gasteiger partial charge in [0, 0.05) is 16.8 Å². The van der Waals surface area contributed by atoms with E-state index in [1.807, 2.05) is 62.4 Å². The summed E-state index contributed by atoms with van der Waals surface area (Å²) >= 11 is 0. The molecule has 4 heteroatoms. The molecule has 4 nitrogen and oxygen atoms in total. The summed E-state index contributed by atoms with van der Waals surface area (Å²) in [6, 6.07) is 33.3. The SMILES string of the molecule is CC.CCCCCC(C)C1CCC2C3CCC4CC(c5ccc(Oc6ccc(N)cc6)cc5)(c5ccc(Oc6ccc(N)cc6)cc5)CCC4(C)C3CCC12C. The number of unbranched alkanes of at least 4 members (excludes halogenated alkanes) is 2. The second-order valence-corrected chi connectivity index (χ2v) is 18.5. The maximum absolute atomic E-state index is 6.26. The van der Waals surface area contributed by atoms with E-state index in [0.29, 0.717) is 16.7 Å². The molecule has 8 rings (SSSR count). The Bertz CT molecular complexity index is 1760. The van der Waals surface area contributed by atoms with E-state index in [-0.39, 0.29) is 5.41 Å². The molecule has 0 bridgehead atoms. The summed E-state index contributed by atoms with van der Waals surface area (Å²) in [6.45, 7) is 14.4. The molecule has 4 aromatic carbocycles. The second-order valence-electron chi connectivity index (χ2n) is 18.5. The number of nitrogen functional groups attached to an aromatic ring is 2. The van der Waals surface area contributed by atoms with Crippen molar-refractivity contribution in [1.82, 2.24) is 0 Å². The number of hydrogen-bond acceptors (Lipinski definition) is 4. The topological polar surface area (TPSA) is 70.5 Å². The van der Waals surface area contributed by atoms with Gasteiger partial charge in [-0.25, -0.2) is 0 Å². The number of ether oxygens (including phenoxy) is 2. The Balaban J connectivity index is 0.00000237. The van der Waals surface area contributed by atoms with Crippen LogP contribution in [0.15, 0.2) is 97.1 Å². The van der Waals surface area contributed by atoms with Crippen molar-refractivity contribution >= 4 is 11.4 Å². The van der Waals surface area contributed by atoms with Crippen LogP contribution in [0.5, 0.6) is 23.0 Å². The molecule has 4 N–H and O–H groups in total. The number of nitrogens with two attached hydrogens (primary N) is 2. The largest absolute Gasteiger partial charge is 0.457 e. The quantitative estimate of drug-likeness (QED) is 0.118. The minimum absolute atomic E-state index is 0.0635. The maximum Gasteiger partial charge on any atom is 0.127 e. The van der Waals surface area contributed by atoms with Gasteiger partial charge in [0.05, 0.1) is 0 Å². The fourth-order valence-corrected chi connectivity index (χ4v) is 12.9. The maximum atomic E-state index is 6.26. The molecule has 0 amide bonds. The standard InChI is InChI=1S/C50H64N2O2.C2H6/c1-5-6-7-8-34(2)45-27-28-46-44-26-13-37-33-50(32-31-48(37,3)47(44)29-30-49(45,46)4,35-9-18-40(19-10-35)53-42-22-14-38(51)15-23-42)36-11-20-41(21-12-36)54-43-24-16-39(52)17-25-43;1-2/h9-12,14-25,34,37,44-47H,5-8,13,26-33,51-52H2,1-4H3;1-2H3. The van der Waals surface area contributed by atoms with E-state index in [1.54, 1.807) is 0 Å². The zero-order valence-corrected chi connectivity index (χ0v) is 35.4. The fourth-order valence-electron chi connectivity index (χ4n) is 12.9. The normalized spacial score (nSPS) is 29.4. The lowest BCUT2D eigenvalue weighted by Gasteiger charge is -2.63. The zero-order chi connectivity index (χ0) is 39.5. The lowest BCUT2D eigenvalue weighted by atomic mass is 9.42. The Kier molecular flexibility index (Phi) is 12.2. The molecule has 4 aliphatic carbocycles. The van der Waals surface area contributed by atoms with Gasteiger partial charge in [-0.15, -0.1) is 0 Å². The number of fused-ring (bicyclic) bond motifs is 5. The van der Waals surface area contributed by atoms with Crippen LogP contribution in [0.25, 0.3) is 0 Å². The fraction of sp³-hybridized carbons (Fsp3) is 0.538. The Morgan fingerprint density at radius 3 is 1.61 bits per heavy atom. The minimum Gasteiger partial charge on any atom is -0.457 e. The van der Waals surface area contributed by atoms with Gasteiger partial charge in [0.15, 0.2) is 0 Å². The van der Waals surface area contributed by atoms with E-state index in [9.17, 15) is 0 Å². The van der Waals surface area contributed by atoms with E-state index in [1.165, 1.54) is 94.6 Å². The van der Waals surface area contributed by atoms with Crippen LogP contribution in [-0.2, 0) is 5.41 Å². The molecule has 56 heavy (non-hydrogen) atoms. The van der Waals surface area contributed by atoms with Crippen molar-refractivity contribution in [2.75, 3.05) is 11.5 Å². The Hall–Kier alpha value is -3.92. The summed E-state index contributed by atoms with van der Waals surface area (Å²) in [7, 11) is 0. The highest BCUT2D eigenvalue weighted by atomic mass is 16.5. The summed E-state index contributed by atoms with van der Waals surface area (Å²) in [4.78, 5) is 0. The van der Waals surface area contributed by atoms with Gasteiger partial charge in [0.25, 0.3) is 0 Å². The number of rotatable bonds is 11. The highest BCUT2D eigenvalue weighted by Crippen LogP contribution is 2.70. The third-order valence-electron chi connectivity index (χ3n) is 15.8. The molecule has 4 fully saturated rings. The molecule has 0 aromatic heterocycles. The molecule has 4 aliphatic rings. The Morgan fingerprint density at radius 1 is 0.589 bits per heavy atom. The van der Waals surface area contributed by atoms with Crippen molar-refractivity contribution in [3.8, 4) is 23.0 Å². The Morgan fingerprint density at radius 2 is 1.09 bits per heavy atom. The van der Waals surface area contributed by atoms with Gasteiger partial charge in [-0.3, -0.25) is 0 Å². The molecule has 8 atom stereocenters. The smallest absolute Gasteiger partial charge is 0.127 e. The Labute approximate surface area is 339 Å². The predicted molar refractivity (Wildman–Crippen MR) is 235 cm³/mol. The van der Waals surface area contributed by atoms with Crippen molar-refractivity contribution in [2.45, 2.75) is 130 Å². The van der Waals surface area contributed by atoms with Crippen LogP contribution >= 0.6 is 0 Å². The van der Waals surface area contributed by atoms with Crippen LogP contribution in [0.2, 0.25) is 0 Å². The van der Waals surface area contributed by atoms with E-state index in [2.05, 4.69) is 76.2 Å². The van der Waals surface area contributed by atoms with Crippen LogP contribution < -0.4 is 20.9 Å². The molecule has 8 unspecified atom stereocenters. The first-order valence-corrected chi connectivity index (χ1v) is 22.4. The molecule has 300 valence electrons. The monoisotopic (exact) mass is 755 g/mol. The molecule has 0 saturated heterocycles. The van der Waals surface area contributed by atoms with Crippen molar-refractivity contribution in [3.05, 3.63) is 108 Å². The van der Waals surface area contributed by atoms with Crippen LogP contribution in [0.4, 0.5) is 11.4 Å². The average Bonchev–Trinajstić information content (AvgIpc) is 3.58. The zero-order valence-electron chi connectivity index (χ0n) is 35.4. The predicted octanol–water partition coefficient (Wildman–Crippen LogP) is 14.6. The summed E-state index contributed by atoms with van der Waals surface area (Å²) in [5.74, 6) is 8.49. The molecular weight excluding hydrogens is 685 g/mol. The number of hydrogen-bond donors (Lipinski definition) is 2. The highest BCUT2D eigenvalue weighted by Gasteiger charge is 2.62. The van der Waals surface area contributed by atoms with Crippen LogP contribution in [0.1, 0.15) is 136 Å². The van der Waals surface area contributed by atoms with E-state index < -0.39 is 0 Å². The highest BCUT2D eigenvalue weighted by molar-refractivity contribution is 5.48. The van der Waals surface area contributed by atoms with Gasteiger partial charge in [0.1, 0.15) is 23.0 Å². The van der Waals surface area contributed by atoms with Crippen molar-refractivity contribution < 1.29 is 9.47 Å². The van der Waals surface area contributed by atoms with Crippen molar-refractivity contribution in [2.24, 2.45) is 46.3 Å². The first kappa shape index (κ1) is 40.3. The van der Waals surface area contributed by atoms with Gasteiger partial charge in [-0.05, 0) is 188 Å². The van der Waals surface area contributed by atoms with E-state index in [4.69, 9.17) is 20.9 Å². The first-order valence-electron chi connectivity index (χ1n) is 22.4.